The van der Waals surface area contributed by atoms with E-state index in [9.17, 15) is 9.18 Å². The van der Waals surface area contributed by atoms with Crippen LogP contribution in [0.1, 0.15) is 5.56 Å². The van der Waals surface area contributed by atoms with Crippen molar-refractivity contribution in [2.24, 2.45) is 0 Å². The van der Waals surface area contributed by atoms with Crippen LogP contribution in [0.5, 0.6) is 0 Å². The monoisotopic (exact) mass is 413 g/mol. The van der Waals surface area contributed by atoms with Gasteiger partial charge in [-0.1, -0.05) is 29.3 Å². The fourth-order valence-electron chi connectivity index (χ4n) is 1.10. The van der Waals surface area contributed by atoms with Crippen LogP contribution in [-0.4, -0.2) is 5.91 Å². The summed E-state index contributed by atoms with van der Waals surface area (Å²) in [5.74, 6) is -3.11. The summed E-state index contributed by atoms with van der Waals surface area (Å²) < 4.78 is 13.7. The Morgan fingerprint density at radius 2 is 2.00 bits per heavy atom. The average molecular weight is 413 g/mol. The second kappa shape index (κ2) is 4.49. The number of hydrogen-bond acceptors (Lipinski definition) is 1. The minimum Gasteiger partial charge on any atom is -0.523 e. The van der Waals surface area contributed by atoms with Crippen molar-refractivity contribution in [2.75, 3.05) is 0 Å². The van der Waals surface area contributed by atoms with Crippen LogP contribution in [0.2, 0.25) is 10.0 Å². The molecule has 1 saturated heterocycles. The van der Waals surface area contributed by atoms with E-state index in [1.165, 1.54) is 18.2 Å². The first-order valence-corrected chi connectivity index (χ1v) is 4.46. The van der Waals surface area contributed by atoms with Gasteiger partial charge in [0.1, 0.15) is 5.79 Å². The Labute approximate surface area is 114 Å². The number of hydrogen-bond donors (Lipinski definition) is 1. The zero-order chi connectivity index (χ0) is 10.3. The maximum absolute atomic E-state index is 13.7. The quantitative estimate of drug-likeness (QED) is 0.559. The van der Waals surface area contributed by atoms with Crippen LogP contribution in [0.25, 0.3) is 5.43 Å². The van der Waals surface area contributed by atoms with Crippen LogP contribution in [0.15, 0.2) is 18.2 Å². The minimum absolute atomic E-state index is 0. The predicted octanol–water partition coefficient (Wildman–Crippen LogP) is 2.53. The van der Waals surface area contributed by atoms with E-state index in [4.69, 9.17) is 23.2 Å². The van der Waals surface area contributed by atoms with Crippen LogP contribution in [0.3, 0.4) is 0 Å². The van der Waals surface area contributed by atoms with Crippen molar-refractivity contribution in [3.05, 3.63) is 39.2 Å². The molecule has 15 heavy (non-hydrogen) atoms. The van der Waals surface area contributed by atoms with Crippen molar-refractivity contribution in [1.82, 2.24) is 5.43 Å². The number of nitrogens with zero attached hydrogens (tertiary/aromatic N) is 1. The Bertz CT molecular complexity index is 418. The molecular formula is C8H4Cl2FHfN2O-. The van der Waals surface area contributed by atoms with E-state index in [2.05, 4.69) is 5.43 Å². The minimum atomic E-state index is -2.31. The van der Waals surface area contributed by atoms with Gasteiger partial charge in [0.05, 0.1) is 10.0 Å². The van der Waals surface area contributed by atoms with Crippen LogP contribution >= 0.6 is 23.2 Å². The topological polar surface area (TPSA) is 43.2 Å². The fourth-order valence-corrected chi connectivity index (χ4v) is 1.40. The van der Waals surface area contributed by atoms with Crippen LogP contribution < -0.4 is 5.43 Å². The summed E-state index contributed by atoms with van der Waals surface area (Å²) in [6, 6.07) is 4.07. The second-order valence-corrected chi connectivity index (χ2v) is 3.62. The molecule has 0 bridgehead atoms. The second-order valence-electron chi connectivity index (χ2n) is 2.80. The van der Waals surface area contributed by atoms with Crippen LogP contribution in [0.4, 0.5) is 4.39 Å². The molecule has 1 N–H and O–H groups in total. The first-order valence-electron chi connectivity index (χ1n) is 3.71. The zero-order valence-electron chi connectivity index (χ0n) is 7.22. The van der Waals surface area contributed by atoms with Gasteiger partial charge >= 0.3 is 0 Å². The molecule has 1 aromatic carbocycles. The van der Waals surface area contributed by atoms with E-state index in [0.717, 1.165) is 0 Å². The average Bonchev–Trinajstić information content (AvgIpc) is 2.18. The summed E-state index contributed by atoms with van der Waals surface area (Å²) in [6.07, 6.45) is 0. The molecule has 0 aliphatic carbocycles. The number of benzene rings is 1. The van der Waals surface area contributed by atoms with Gasteiger partial charge < -0.3 is 10.9 Å². The summed E-state index contributed by atoms with van der Waals surface area (Å²) >= 11 is 11.3. The molecule has 1 heterocycles. The Morgan fingerprint density at radius 1 is 1.33 bits per heavy atom. The number of alkyl halides is 1. The molecule has 7 heteroatoms. The molecule has 1 amide bonds. The number of carbonyl (C=O) groups excluding carboxylic acids is 1. The molecule has 3 nitrogen and oxygen atoms in total. The number of carbonyl (C=O) groups is 1. The van der Waals surface area contributed by atoms with Crippen molar-refractivity contribution in [3.8, 4) is 0 Å². The molecule has 0 aromatic heterocycles. The summed E-state index contributed by atoms with van der Waals surface area (Å²) in [6.45, 7) is 0. The molecule has 1 fully saturated rings. The summed E-state index contributed by atoms with van der Waals surface area (Å²) in [4.78, 5) is 10.9. The number of nitrogens with one attached hydrogen (secondary N) is 1. The Balaban J connectivity index is 0.00000112. The third-order valence-corrected chi connectivity index (χ3v) is 2.65. The fraction of sp³-hybridized carbons (Fsp3) is 0.125. The van der Waals surface area contributed by atoms with Gasteiger partial charge in [-0.05, 0) is 17.7 Å². The Hall–Kier alpha value is 0.0301. The zero-order valence-corrected chi connectivity index (χ0v) is 12.3. The molecule has 1 atom stereocenters. The normalized spacial score (nSPS) is 23.8. The van der Waals surface area contributed by atoms with Gasteiger partial charge in [0.25, 0.3) is 0 Å². The van der Waals surface area contributed by atoms with Crippen molar-refractivity contribution < 1.29 is 35.0 Å². The molecule has 1 unspecified atom stereocenters. The predicted molar refractivity (Wildman–Crippen MR) is 50.7 cm³/mol. The van der Waals surface area contributed by atoms with E-state index >= 15 is 0 Å². The molecule has 1 aliphatic rings. The van der Waals surface area contributed by atoms with Gasteiger partial charge in [-0.3, -0.25) is 9.18 Å². The van der Waals surface area contributed by atoms with Gasteiger partial charge in [-0.25, -0.2) is 0 Å². The SMILES string of the molecule is O=C1N[N-]C1(F)c1ccc(Cl)c(Cl)c1.[Hf]. The Kier molecular flexibility index (Phi) is 3.92. The molecule has 0 saturated carbocycles. The number of halogens is 3. The van der Waals surface area contributed by atoms with E-state index in [0.29, 0.717) is 5.02 Å². The first kappa shape index (κ1) is 13.1. The van der Waals surface area contributed by atoms with Gasteiger partial charge in [0, 0.05) is 25.8 Å². The van der Waals surface area contributed by atoms with Crippen molar-refractivity contribution in [1.29, 1.82) is 0 Å². The van der Waals surface area contributed by atoms with Crippen molar-refractivity contribution >= 4 is 29.1 Å². The van der Waals surface area contributed by atoms with Gasteiger partial charge in [-0.15, -0.1) is 0 Å². The molecule has 0 radical (unpaired) electrons. The van der Waals surface area contributed by atoms with E-state index in [-0.39, 0.29) is 36.4 Å². The molecule has 1 aromatic rings. The smallest absolute Gasteiger partial charge is 0.225 e. The molecule has 78 valence electrons. The first-order chi connectivity index (χ1) is 6.54. The Morgan fingerprint density at radius 3 is 2.40 bits per heavy atom. The van der Waals surface area contributed by atoms with Crippen molar-refractivity contribution in [2.45, 2.75) is 5.79 Å². The molecule has 1 aliphatic heterocycles. The third kappa shape index (κ3) is 2.11. The summed E-state index contributed by atoms with van der Waals surface area (Å²) in [7, 11) is 0. The standard InChI is InChI=1S/C8H4Cl2FN2O.Hf/c9-5-2-1-4(3-6(5)10)8(11)7(14)12-13-8;/h1-3H,(H,12,14);/q-1;. The molecule has 2 rings (SSSR count). The van der Waals surface area contributed by atoms with Crippen molar-refractivity contribution in [3.63, 3.8) is 0 Å². The maximum Gasteiger partial charge on any atom is 0.225 e. The summed E-state index contributed by atoms with van der Waals surface area (Å²) in [5, 5.41) is 0.495. The maximum atomic E-state index is 13.7. The van der Waals surface area contributed by atoms with Gasteiger partial charge in [0.15, 0.2) is 0 Å². The van der Waals surface area contributed by atoms with E-state index < -0.39 is 11.7 Å². The number of rotatable bonds is 1. The summed E-state index contributed by atoms with van der Waals surface area (Å²) in [5.41, 5.74) is 5.30. The molecular weight excluding hydrogens is 408 g/mol. The largest absolute Gasteiger partial charge is 0.523 e. The van der Waals surface area contributed by atoms with Gasteiger partial charge in [-0.2, -0.15) is 0 Å². The van der Waals surface area contributed by atoms with Crippen LogP contribution in [-0.2, 0) is 36.4 Å². The molecule has 0 spiro atoms. The number of amides is 1. The third-order valence-electron chi connectivity index (χ3n) is 1.91. The van der Waals surface area contributed by atoms with Crippen LogP contribution in [0, 0.1) is 0 Å². The van der Waals surface area contributed by atoms with E-state index in [1.54, 1.807) is 0 Å². The van der Waals surface area contributed by atoms with E-state index in [1.807, 2.05) is 5.43 Å². The van der Waals surface area contributed by atoms with Gasteiger partial charge in [0.2, 0.25) is 5.91 Å².